The Bertz CT molecular complexity index is 1210. The second-order valence-corrected chi connectivity index (χ2v) is 10.7. The molecular weight excluding hydrogens is 470 g/mol. The molecule has 0 radical (unpaired) electrons. The third kappa shape index (κ3) is 5.62. The zero-order valence-electron chi connectivity index (χ0n) is 19.7. The zero-order chi connectivity index (χ0) is 25.0. The van der Waals surface area contributed by atoms with Crippen LogP contribution < -0.4 is 0 Å². The first kappa shape index (κ1) is 25.1. The van der Waals surface area contributed by atoms with Gasteiger partial charge in [-0.25, -0.2) is 13.2 Å². The van der Waals surface area contributed by atoms with Gasteiger partial charge in [-0.3, -0.25) is 9.59 Å². The van der Waals surface area contributed by atoms with E-state index in [1.54, 1.807) is 13.0 Å². The van der Waals surface area contributed by atoms with Crippen LogP contribution in [-0.4, -0.2) is 56.7 Å². The van der Waals surface area contributed by atoms with Crippen LogP contribution in [0.25, 0.3) is 0 Å². The predicted octanol–water partition coefficient (Wildman–Crippen LogP) is 3.18. The minimum Gasteiger partial charge on any atom is -0.462 e. The van der Waals surface area contributed by atoms with Crippen molar-refractivity contribution in [2.45, 2.75) is 43.9 Å². The highest BCUT2D eigenvalue weighted by Gasteiger charge is 2.33. The predicted molar refractivity (Wildman–Crippen MR) is 128 cm³/mol. The standard InChI is InChI=1S/C26H29NO7S/c1-2-33-25(29)19-8-10-23(11-9-19)35(31,32)27-14-12-20(13-15-27)26(30)34-17-24(28)22-7-6-18-4-3-5-21(18)16-22/h6-11,16,20H,2-5,12-15,17H2,1H3. The lowest BCUT2D eigenvalue weighted by molar-refractivity contribution is -0.148. The fourth-order valence-corrected chi connectivity index (χ4v) is 6.01. The van der Waals surface area contributed by atoms with E-state index in [1.807, 2.05) is 12.1 Å². The van der Waals surface area contributed by atoms with Crippen molar-refractivity contribution in [3.63, 3.8) is 0 Å². The molecule has 1 aliphatic carbocycles. The lowest BCUT2D eigenvalue weighted by atomic mass is 9.98. The molecule has 8 nitrogen and oxygen atoms in total. The molecule has 1 heterocycles. The Morgan fingerprint density at radius 1 is 0.914 bits per heavy atom. The molecule has 2 aromatic carbocycles. The average molecular weight is 500 g/mol. The Balaban J connectivity index is 1.28. The van der Waals surface area contributed by atoms with Crippen LogP contribution in [0.3, 0.4) is 0 Å². The molecule has 35 heavy (non-hydrogen) atoms. The molecule has 4 rings (SSSR count). The molecular formula is C26H29NO7S. The van der Waals surface area contributed by atoms with E-state index in [0.29, 0.717) is 18.4 Å². The van der Waals surface area contributed by atoms with Crippen molar-refractivity contribution in [1.82, 2.24) is 4.31 Å². The maximum Gasteiger partial charge on any atom is 0.338 e. The highest BCUT2D eigenvalue weighted by Crippen LogP contribution is 2.26. The lowest BCUT2D eigenvalue weighted by Crippen LogP contribution is -2.40. The number of piperidine rings is 1. The maximum absolute atomic E-state index is 13.0. The number of rotatable bonds is 8. The van der Waals surface area contributed by atoms with Gasteiger partial charge in [0.25, 0.3) is 0 Å². The quantitative estimate of drug-likeness (QED) is 0.406. The Labute approximate surface area is 205 Å². The number of Topliss-reactive ketones (excluding diaryl/α,β-unsaturated/α-hetero) is 1. The van der Waals surface area contributed by atoms with E-state index in [0.717, 1.165) is 19.3 Å². The van der Waals surface area contributed by atoms with E-state index in [2.05, 4.69) is 0 Å². The monoisotopic (exact) mass is 499 g/mol. The SMILES string of the molecule is CCOC(=O)c1ccc(S(=O)(=O)N2CCC(C(=O)OCC(=O)c3ccc4c(c3)CCC4)CC2)cc1. The Hall–Kier alpha value is -3.04. The number of benzene rings is 2. The summed E-state index contributed by atoms with van der Waals surface area (Å²) in [5, 5.41) is 0. The van der Waals surface area contributed by atoms with Gasteiger partial charge in [-0.05, 0) is 80.5 Å². The number of ether oxygens (including phenoxy) is 2. The van der Waals surface area contributed by atoms with Crippen molar-refractivity contribution < 1.29 is 32.3 Å². The van der Waals surface area contributed by atoms with Crippen molar-refractivity contribution in [2.24, 2.45) is 5.92 Å². The fraction of sp³-hybridized carbons (Fsp3) is 0.423. The molecule has 0 spiro atoms. The van der Waals surface area contributed by atoms with Crippen LogP contribution in [-0.2, 0) is 37.1 Å². The molecule has 1 saturated heterocycles. The van der Waals surface area contributed by atoms with E-state index in [9.17, 15) is 22.8 Å². The van der Waals surface area contributed by atoms with Gasteiger partial charge in [-0.1, -0.05) is 12.1 Å². The number of sulfonamides is 1. The van der Waals surface area contributed by atoms with Gasteiger partial charge in [0.15, 0.2) is 12.4 Å². The molecule has 0 saturated carbocycles. The van der Waals surface area contributed by atoms with Gasteiger partial charge in [0.2, 0.25) is 10.0 Å². The lowest BCUT2D eigenvalue weighted by Gasteiger charge is -2.30. The van der Waals surface area contributed by atoms with Gasteiger partial charge in [0.05, 0.1) is 23.0 Å². The minimum atomic E-state index is -3.76. The summed E-state index contributed by atoms with van der Waals surface area (Å²) in [4.78, 5) is 36.9. The molecule has 0 bridgehead atoms. The largest absolute Gasteiger partial charge is 0.462 e. The van der Waals surface area contributed by atoms with Crippen LogP contribution in [0.15, 0.2) is 47.4 Å². The van der Waals surface area contributed by atoms with Crippen LogP contribution in [0.2, 0.25) is 0 Å². The normalized spacial score (nSPS) is 16.5. The Kier molecular flexibility index (Phi) is 7.66. The summed E-state index contributed by atoms with van der Waals surface area (Å²) in [6, 6.07) is 11.3. The smallest absolute Gasteiger partial charge is 0.338 e. The highest BCUT2D eigenvalue weighted by molar-refractivity contribution is 7.89. The van der Waals surface area contributed by atoms with Crippen molar-refractivity contribution in [3.05, 3.63) is 64.7 Å². The van der Waals surface area contributed by atoms with Gasteiger partial charge in [0.1, 0.15) is 0 Å². The zero-order valence-corrected chi connectivity index (χ0v) is 20.5. The Morgan fingerprint density at radius 2 is 1.57 bits per heavy atom. The molecule has 9 heteroatoms. The van der Waals surface area contributed by atoms with Crippen molar-refractivity contribution in [3.8, 4) is 0 Å². The summed E-state index contributed by atoms with van der Waals surface area (Å²) in [5.74, 6) is -1.68. The molecule has 1 aliphatic heterocycles. The molecule has 1 fully saturated rings. The first-order valence-electron chi connectivity index (χ1n) is 11.9. The van der Waals surface area contributed by atoms with E-state index in [4.69, 9.17) is 9.47 Å². The molecule has 0 amide bonds. The first-order chi connectivity index (χ1) is 16.8. The van der Waals surface area contributed by atoms with E-state index in [-0.39, 0.29) is 42.5 Å². The van der Waals surface area contributed by atoms with Gasteiger partial charge in [-0.15, -0.1) is 0 Å². The number of fused-ring (bicyclic) bond motifs is 1. The van der Waals surface area contributed by atoms with Crippen LogP contribution in [0.5, 0.6) is 0 Å². The molecule has 186 valence electrons. The number of carbonyl (C=O) groups excluding carboxylic acids is 3. The number of ketones is 1. The molecule has 2 aromatic rings. The molecule has 0 atom stereocenters. The van der Waals surface area contributed by atoms with Crippen LogP contribution >= 0.6 is 0 Å². The van der Waals surface area contributed by atoms with Gasteiger partial charge in [-0.2, -0.15) is 4.31 Å². The van der Waals surface area contributed by atoms with Crippen LogP contribution in [0.4, 0.5) is 0 Å². The summed E-state index contributed by atoms with van der Waals surface area (Å²) in [7, 11) is -3.76. The number of esters is 2. The second-order valence-electron chi connectivity index (χ2n) is 8.79. The van der Waals surface area contributed by atoms with Gasteiger partial charge < -0.3 is 9.47 Å². The summed E-state index contributed by atoms with van der Waals surface area (Å²) in [5.41, 5.74) is 3.29. The minimum absolute atomic E-state index is 0.0755. The highest BCUT2D eigenvalue weighted by atomic mass is 32.2. The maximum atomic E-state index is 13.0. The summed E-state index contributed by atoms with van der Waals surface area (Å²) >= 11 is 0. The molecule has 0 unspecified atom stereocenters. The third-order valence-corrected chi connectivity index (χ3v) is 8.47. The van der Waals surface area contributed by atoms with Gasteiger partial charge in [0, 0.05) is 18.7 Å². The number of hydrogen-bond donors (Lipinski definition) is 0. The van der Waals surface area contributed by atoms with Gasteiger partial charge >= 0.3 is 11.9 Å². The Morgan fingerprint density at radius 3 is 2.26 bits per heavy atom. The number of aryl methyl sites for hydroxylation is 2. The van der Waals surface area contributed by atoms with Crippen molar-refractivity contribution >= 4 is 27.7 Å². The topological polar surface area (TPSA) is 107 Å². The summed E-state index contributed by atoms with van der Waals surface area (Å²) < 4.78 is 37.5. The second kappa shape index (κ2) is 10.7. The van der Waals surface area contributed by atoms with E-state index in [1.165, 1.54) is 39.7 Å². The molecule has 2 aliphatic rings. The van der Waals surface area contributed by atoms with Crippen molar-refractivity contribution in [1.29, 1.82) is 0 Å². The molecule has 0 aromatic heterocycles. The van der Waals surface area contributed by atoms with Crippen LogP contribution in [0.1, 0.15) is 58.0 Å². The van der Waals surface area contributed by atoms with Crippen molar-refractivity contribution in [2.75, 3.05) is 26.3 Å². The summed E-state index contributed by atoms with van der Waals surface area (Å²) in [6.45, 7) is 1.95. The number of carbonyl (C=O) groups is 3. The van der Waals surface area contributed by atoms with E-state index < -0.39 is 27.9 Å². The van der Waals surface area contributed by atoms with Crippen LogP contribution in [0, 0.1) is 5.92 Å². The average Bonchev–Trinajstić information content (AvgIpc) is 3.35. The van der Waals surface area contributed by atoms with E-state index >= 15 is 0 Å². The first-order valence-corrected chi connectivity index (χ1v) is 13.3. The number of hydrogen-bond acceptors (Lipinski definition) is 7. The number of nitrogens with zero attached hydrogens (tertiary/aromatic N) is 1. The molecule has 0 N–H and O–H groups in total. The fourth-order valence-electron chi connectivity index (χ4n) is 4.54. The third-order valence-electron chi connectivity index (χ3n) is 6.56. The summed E-state index contributed by atoms with van der Waals surface area (Å²) in [6.07, 6.45) is 3.71.